The predicted octanol–water partition coefficient (Wildman–Crippen LogP) is 3.83. The molecule has 0 spiro atoms. The summed E-state index contributed by atoms with van der Waals surface area (Å²) in [5.74, 6) is -0.496. The van der Waals surface area contributed by atoms with Gasteiger partial charge in [0.15, 0.2) is 10.2 Å². The Kier molecular flexibility index (Phi) is 6.67. The summed E-state index contributed by atoms with van der Waals surface area (Å²) in [4.78, 5) is 29.5. The number of carbonyl (C=O) groups excluding carboxylic acids is 1. The zero-order valence-corrected chi connectivity index (χ0v) is 21.2. The van der Waals surface area contributed by atoms with Crippen molar-refractivity contribution in [1.29, 1.82) is 0 Å². The Balaban J connectivity index is 1.24. The molecule has 1 aliphatic rings. The van der Waals surface area contributed by atoms with Crippen molar-refractivity contribution in [3.05, 3.63) is 76.0 Å². The van der Waals surface area contributed by atoms with Crippen LogP contribution in [0.1, 0.15) is 23.2 Å². The first-order valence-corrected chi connectivity index (χ1v) is 13.8. The highest BCUT2D eigenvalue weighted by molar-refractivity contribution is 7.89. The number of nitrogens with one attached hydrogen (secondary N) is 2. The number of thiocarbonyl (C=S) groups is 1. The summed E-state index contributed by atoms with van der Waals surface area (Å²) in [6.45, 7) is 1.02. The smallest absolute Gasteiger partial charge is 0.345 e. The number of rotatable bonds is 5. The average Bonchev–Trinajstić information content (AvgIpc) is 3.57. The molecule has 2 N–H and O–H groups in total. The van der Waals surface area contributed by atoms with Crippen LogP contribution in [-0.4, -0.2) is 41.8 Å². The van der Waals surface area contributed by atoms with Crippen LogP contribution in [0.2, 0.25) is 0 Å². The van der Waals surface area contributed by atoms with Crippen molar-refractivity contribution in [1.82, 2.24) is 14.6 Å². The molecule has 0 aliphatic carbocycles. The highest BCUT2D eigenvalue weighted by atomic mass is 32.2. The zero-order valence-electron chi connectivity index (χ0n) is 18.8. The summed E-state index contributed by atoms with van der Waals surface area (Å²) in [6, 6.07) is 14.6. The topological polar surface area (TPSA) is 122 Å². The highest BCUT2D eigenvalue weighted by Gasteiger charge is 2.27. The fourth-order valence-corrected chi connectivity index (χ4v) is 6.34. The lowest BCUT2D eigenvalue weighted by Crippen LogP contribution is -2.34. The molecule has 1 aliphatic heterocycles. The molecule has 12 heteroatoms. The molecule has 184 valence electrons. The molecule has 1 amide bonds. The summed E-state index contributed by atoms with van der Waals surface area (Å²) in [5.41, 5.74) is 0.984. The van der Waals surface area contributed by atoms with Gasteiger partial charge in [-0.05, 0) is 61.5 Å². The summed E-state index contributed by atoms with van der Waals surface area (Å²) in [7, 11) is -3.55. The van der Waals surface area contributed by atoms with Gasteiger partial charge in [-0.2, -0.15) is 4.31 Å². The molecule has 1 fully saturated rings. The molecule has 36 heavy (non-hydrogen) atoms. The lowest BCUT2D eigenvalue weighted by Gasteiger charge is -2.15. The average molecular weight is 541 g/mol. The largest absolute Gasteiger partial charge is 0.422 e. The van der Waals surface area contributed by atoms with Crippen molar-refractivity contribution in [3.63, 3.8) is 0 Å². The van der Waals surface area contributed by atoms with E-state index in [-0.39, 0.29) is 15.6 Å². The quantitative estimate of drug-likeness (QED) is 0.289. The van der Waals surface area contributed by atoms with Gasteiger partial charge in [0.05, 0.1) is 16.2 Å². The number of aromatic nitrogens is 1. The van der Waals surface area contributed by atoms with Gasteiger partial charge in [0.2, 0.25) is 10.0 Å². The van der Waals surface area contributed by atoms with Crippen LogP contribution in [-0.2, 0) is 10.0 Å². The molecule has 2 aromatic carbocycles. The molecule has 4 aromatic rings. The third-order valence-corrected chi connectivity index (χ3v) is 8.56. The van der Waals surface area contributed by atoms with Gasteiger partial charge >= 0.3 is 5.63 Å². The second kappa shape index (κ2) is 9.90. The van der Waals surface area contributed by atoms with E-state index in [0.717, 1.165) is 18.2 Å². The van der Waals surface area contributed by atoms with Crippen molar-refractivity contribution in [2.75, 3.05) is 18.4 Å². The normalized spacial score (nSPS) is 14.1. The second-order valence-corrected chi connectivity index (χ2v) is 11.3. The molecule has 0 atom stereocenters. The van der Waals surface area contributed by atoms with Gasteiger partial charge in [-0.25, -0.2) is 18.2 Å². The number of sulfonamides is 1. The van der Waals surface area contributed by atoms with E-state index >= 15 is 0 Å². The van der Waals surface area contributed by atoms with Crippen LogP contribution in [0, 0.1) is 0 Å². The van der Waals surface area contributed by atoms with E-state index in [1.807, 2.05) is 12.1 Å². The monoisotopic (exact) mass is 540 g/mol. The van der Waals surface area contributed by atoms with Crippen LogP contribution in [0.25, 0.3) is 22.2 Å². The Morgan fingerprint density at radius 1 is 1.08 bits per heavy atom. The molecule has 9 nitrogen and oxygen atoms in total. The lowest BCUT2D eigenvalue weighted by atomic mass is 10.1. The number of hydrogen-bond acceptors (Lipinski definition) is 8. The first-order chi connectivity index (χ1) is 17.3. The summed E-state index contributed by atoms with van der Waals surface area (Å²) in [6.07, 6.45) is 1.70. The second-order valence-electron chi connectivity index (χ2n) is 8.07. The molecule has 0 bridgehead atoms. The number of anilines is 1. The van der Waals surface area contributed by atoms with E-state index in [9.17, 15) is 18.0 Å². The van der Waals surface area contributed by atoms with Crippen molar-refractivity contribution < 1.29 is 17.6 Å². The van der Waals surface area contributed by atoms with Gasteiger partial charge < -0.3 is 9.73 Å². The number of para-hydroxylation sites is 1. The Morgan fingerprint density at radius 2 is 1.81 bits per heavy atom. The third-order valence-electron chi connectivity index (χ3n) is 5.69. The Hall–Kier alpha value is -3.45. The molecule has 0 unspecified atom stereocenters. The van der Waals surface area contributed by atoms with Crippen LogP contribution in [0.15, 0.2) is 74.1 Å². The van der Waals surface area contributed by atoms with Crippen molar-refractivity contribution in [3.8, 4) is 11.3 Å². The minimum atomic E-state index is -3.55. The van der Waals surface area contributed by atoms with E-state index in [1.165, 1.54) is 39.9 Å². The maximum absolute atomic E-state index is 12.6. The summed E-state index contributed by atoms with van der Waals surface area (Å²) >= 11 is 6.44. The number of benzene rings is 2. The molecule has 3 heterocycles. The minimum Gasteiger partial charge on any atom is -0.422 e. The fraction of sp³-hybridized carbons (Fsp3) is 0.167. The Morgan fingerprint density at radius 3 is 2.56 bits per heavy atom. The van der Waals surface area contributed by atoms with Gasteiger partial charge in [-0.3, -0.25) is 10.1 Å². The molecular formula is C24H20N4O5S3. The van der Waals surface area contributed by atoms with E-state index in [2.05, 4.69) is 15.6 Å². The van der Waals surface area contributed by atoms with Gasteiger partial charge in [0, 0.05) is 29.4 Å². The van der Waals surface area contributed by atoms with E-state index in [4.69, 9.17) is 16.6 Å². The van der Waals surface area contributed by atoms with E-state index in [0.29, 0.717) is 35.1 Å². The van der Waals surface area contributed by atoms with Crippen LogP contribution < -0.4 is 16.3 Å². The molecular weight excluding hydrogens is 520 g/mol. The Bertz CT molecular complexity index is 1620. The number of thiazole rings is 1. The predicted molar refractivity (Wildman–Crippen MR) is 142 cm³/mol. The van der Waals surface area contributed by atoms with Gasteiger partial charge in [0.1, 0.15) is 5.58 Å². The number of amides is 1. The van der Waals surface area contributed by atoms with Crippen LogP contribution in [0.5, 0.6) is 0 Å². The number of carbonyl (C=O) groups is 1. The van der Waals surface area contributed by atoms with E-state index in [1.54, 1.807) is 23.6 Å². The van der Waals surface area contributed by atoms with Gasteiger partial charge in [-0.15, -0.1) is 11.3 Å². The number of hydrogen-bond donors (Lipinski definition) is 2. The first kappa shape index (κ1) is 24.3. The Labute approximate surface area is 215 Å². The molecule has 0 radical (unpaired) electrons. The van der Waals surface area contributed by atoms with Crippen molar-refractivity contribution >= 4 is 60.7 Å². The SMILES string of the molecule is O=C(NC(=S)Nc1nc(-c2cc3ccccc3oc2=O)cs1)c1ccc(S(=O)(=O)N2CCCC2)cc1. The molecule has 0 saturated carbocycles. The van der Waals surface area contributed by atoms with Crippen molar-refractivity contribution in [2.45, 2.75) is 17.7 Å². The van der Waals surface area contributed by atoms with E-state index < -0.39 is 21.6 Å². The number of nitrogens with zero attached hydrogens (tertiary/aromatic N) is 2. The van der Waals surface area contributed by atoms with Crippen LogP contribution in [0.3, 0.4) is 0 Å². The molecule has 5 rings (SSSR count). The molecule has 2 aromatic heterocycles. The minimum absolute atomic E-state index is 0.0141. The van der Waals surface area contributed by atoms with Crippen LogP contribution >= 0.6 is 23.6 Å². The molecule has 1 saturated heterocycles. The lowest BCUT2D eigenvalue weighted by molar-refractivity contribution is 0.0977. The van der Waals surface area contributed by atoms with Crippen LogP contribution in [0.4, 0.5) is 5.13 Å². The van der Waals surface area contributed by atoms with Gasteiger partial charge in [0.25, 0.3) is 5.91 Å². The van der Waals surface area contributed by atoms with Crippen molar-refractivity contribution in [2.24, 2.45) is 0 Å². The first-order valence-electron chi connectivity index (χ1n) is 11.0. The standard InChI is InChI=1S/C24H20N4O5S3/c29-21(15-7-9-17(10-8-15)36(31,32)28-11-3-4-12-28)26-23(34)27-24-25-19(14-35-24)18-13-16-5-1-2-6-20(16)33-22(18)30/h1-2,5-10,13-14H,3-4,11-12H2,(H2,25,26,27,29,34). The zero-order chi connectivity index (χ0) is 25.3. The van der Waals surface area contributed by atoms with Gasteiger partial charge in [-0.1, -0.05) is 18.2 Å². The summed E-state index contributed by atoms with van der Waals surface area (Å²) in [5, 5.41) is 8.25. The summed E-state index contributed by atoms with van der Waals surface area (Å²) < 4.78 is 32.1. The number of fused-ring (bicyclic) bond motifs is 1. The maximum atomic E-state index is 12.6. The maximum Gasteiger partial charge on any atom is 0.345 e. The third kappa shape index (κ3) is 4.93. The fourth-order valence-electron chi connectivity index (χ4n) is 3.85. The highest BCUT2D eigenvalue weighted by Crippen LogP contribution is 2.25.